The fourth-order valence-corrected chi connectivity index (χ4v) is 2.80. The number of nitrogens with zero attached hydrogens (tertiary/aromatic N) is 3. The first kappa shape index (κ1) is 15.0. The zero-order valence-corrected chi connectivity index (χ0v) is 13.9. The number of amides is 1. The molecule has 1 aromatic heterocycles. The van der Waals surface area contributed by atoms with Crippen LogP contribution in [0.25, 0.3) is 0 Å². The Hall–Kier alpha value is -1.95. The van der Waals surface area contributed by atoms with Crippen molar-refractivity contribution >= 4 is 33.5 Å². The van der Waals surface area contributed by atoms with Crippen LogP contribution >= 0.6 is 15.9 Å². The van der Waals surface area contributed by atoms with Crippen molar-refractivity contribution in [2.75, 3.05) is 18.4 Å². The molecule has 0 aliphatic carbocycles. The summed E-state index contributed by atoms with van der Waals surface area (Å²) in [5.41, 5.74) is 2.47. The average Bonchev–Trinajstić information content (AvgIpc) is 3.05. The van der Waals surface area contributed by atoms with E-state index < -0.39 is 0 Å². The maximum atomic E-state index is 12.4. The van der Waals surface area contributed by atoms with Crippen molar-refractivity contribution in [3.05, 3.63) is 46.2 Å². The van der Waals surface area contributed by atoms with E-state index in [0.29, 0.717) is 11.6 Å². The quantitative estimate of drug-likeness (QED) is 0.909. The summed E-state index contributed by atoms with van der Waals surface area (Å²) in [6, 6.07) is 7.59. The first-order chi connectivity index (χ1) is 10.6. The van der Waals surface area contributed by atoms with Crippen molar-refractivity contribution in [2.24, 2.45) is 0 Å². The predicted octanol–water partition coefficient (Wildman–Crippen LogP) is 3.53. The van der Waals surface area contributed by atoms with Crippen LogP contribution in [-0.2, 0) is 0 Å². The van der Waals surface area contributed by atoms with E-state index in [1.165, 1.54) is 0 Å². The average molecular weight is 361 g/mol. The molecule has 2 aromatic rings. The van der Waals surface area contributed by atoms with Gasteiger partial charge in [0.05, 0.1) is 0 Å². The van der Waals surface area contributed by atoms with Crippen molar-refractivity contribution in [1.82, 2.24) is 14.9 Å². The lowest BCUT2D eigenvalue weighted by atomic mass is 10.2. The molecule has 1 N–H and O–H groups in total. The lowest BCUT2D eigenvalue weighted by Crippen LogP contribution is -2.28. The van der Waals surface area contributed by atoms with Crippen LogP contribution in [-0.4, -0.2) is 33.9 Å². The molecule has 0 bridgehead atoms. The van der Waals surface area contributed by atoms with E-state index in [2.05, 4.69) is 31.2 Å². The highest BCUT2D eigenvalue weighted by Gasteiger charge is 2.20. The number of anilines is 2. The molecule has 0 spiro atoms. The Morgan fingerprint density at radius 1 is 1.27 bits per heavy atom. The van der Waals surface area contributed by atoms with Gasteiger partial charge in [-0.2, -0.15) is 0 Å². The molecule has 5 nitrogen and oxygen atoms in total. The third-order valence-corrected chi connectivity index (χ3v) is 4.55. The Labute approximate surface area is 137 Å². The fraction of sp³-hybridized carbons (Fsp3) is 0.312. The van der Waals surface area contributed by atoms with Gasteiger partial charge in [0.2, 0.25) is 5.95 Å². The van der Waals surface area contributed by atoms with Gasteiger partial charge in [0, 0.05) is 29.4 Å². The van der Waals surface area contributed by atoms with Gasteiger partial charge in [0.15, 0.2) is 0 Å². The van der Waals surface area contributed by atoms with Gasteiger partial charge in [-0.25, -0.2) is 9.97 Å². The number of likely N-dealkylation sites (tertiary alicyclic amines) is 1. The summed E-state index contributed by atoms with van der Waals surface area (Å²) in [5.74, 6) is 0.411. The maximum Gasteiger partial charge on any atom is 0.272 e. The molecule has 1 amide bonds. The molecule has 22 heavy (non-hydrogen) atoms. The Kier molecular flexibility index (Phi) is 4.38. The standard InChI is InChI=1S/C16H17BrN4O/c1-11-4-5-12(10-13(11)17)19-16-18-7-6-14(20-16)15(22)21-8-2-3-9-21/h4-7,10H,2-3,8-9H2,1H3,(H,18,19,20). The van der Waals surface area contributed by atoms with Gasteiger partial charge in [-0.3, -0.25) is 4.79 Å². The normalized spacial score (nSPS) is 14.2. The smallest absolute Gasteiger partial charge is 0.272 e. The summed E-state index contributed by atoms with van der Waals surface area (Å²) >= 11 is 3.50. The largest absolute Gasteiger partial charge is 0.337 e. The molecule has 2 heterocycles. The van der Waals surface area contributed by atoms with Crippen LogP contribution in [0.5, 0.6) is 0 Å². The zero-order valence-electron chi connectivity index (χ0n) is 12.3. The number of aromatic nitrogens is 2. The number of hydrogen-bond acceptors (Lipinski definition) is 4. The first-order valence-electron chi connectivity index (χ1n) is 7.29. The highest BCUT2D eigenvalue weighted by atomic mass is 79.9. The predicted molar refractivity (Wildman–Crippen MR) is 89.3 cm³/mol. The van der Waals surface area contributed by atoms with E-state index in [1.807, 2.05) is 30.0 Å². The van der Waals surface area contributed by atoms with Crippen molar-refractivity contribution in [3.63, 3.8) is 0 Å². The molecule has 1 aromatic carbocycles. The third kappa shape index (κ3) is 3.27. The van der Waals surface area contributed by atoms with Gasteiger partial charge < -0.3 is 10.2 Å². The molecule has 0 atom stereocenters. The van der Waals surface area contributed by atoms with E-state index in [4.69, 9.17) is 0 Å². The van der Waals surface area contributed by atoms with E-state index in [9.17, 15) is 4.79 Å². The lowest BCUT2D eigenvalue weighted by Gasteiger charge is -2.14. The lowest BCUT2D eigenvalue weighted by molar-refractivity contribution is 0.0787. The number of halogens is 1. The van der Waals surface area contributed by atoms with Gasteiger partial charge >= 0.3 is 0 Å². The number of carbonyl (C=O) groups excluding carboxylic acids is 1. The van der Waals surface area contributed by atoms with Gasteiger partial charge in [-0.15, -0.1) is 0 Å². The molecular formula is C16H17BrN4O. The molecule has 3 rings (SSSR count). The maximum absolute atomic E-state index is 12.4. The molecule has 1 saturated heterocycles. The monoisotopic (exact) mass is 360 g/mol. The first-order valence-corrected chi connectivity index (χ1v) is 8.08. The van der Waals surface area contributed by atoms with Gasteiger partial charge in [0.25, 0.3) is 5.91 Å². The van der Waals surface area contributed by atoms with Crippen LogP contribution in [0.1, 0.15) is 28.9 Å². The Balaban J connectivity index is 1.78. The summed E-state index contributed by atoms with van der Waals surface area (Å²) in [5, 5.41) is 3.13. The number of aryl methyl sites for hydroxylation is 1. The second-order valence-electron chi connectivity index (χ2n) is 5.35. The molecule has 6 heteroatoms. The second kappa shape index (κ2) is 6.44. The molecule has 114 valence electrons. The Bertz CT molecular complexity index is 698. The van der Waals surface area contributed by atoms with Crippen molar-refractivity contribution in [3.8, 4) is 0 Å². The van der Waals surface area contributed by atoms with Gasteiger partial charge in [0.1, 0.15) is 5.69 Å². The summed E-state index contributed by atoms with van der Waals surface area (Å²) < 4.78 is 1.02. The molecule has 0 saturated carbocycles. The summed E-state index contributed by atoms with van der Waals surface area (Å²) in [6.45, 7) is 3.66. The minimum absolute atomic E-state index is 0.0203. The topological polar surface area (TPSA) is 58.1 Å². The highest BCUT2D eigenvalue weighted by molar-refractivity contribution is 9.10. The summed E-state index contributed by atoms with van der Waals surface area (Å²) in [6.07, 6.45) is 3.75. The van der Waals surface area contributed by atoms with E-state index >= 15 is 0 Å². The fourth-order valence-electron chi connectivity index (χ4n) is 2.42. The second-order valence-corrected chi connectivity index (χ2v) is 6.21. The zero-order chi connectivity index (χ0) is 15.5. The van der Waals surface area contributed by atoms with Crippen molar-refractivity contribution < 1.29 is 4.79 Å². The van der Waals surface area contributed by atoms with E-state index in [1.54, 1.807) is 12.3 Å². The molecule has 0 radical (unpaired) electrons. The number of hydrogen-bond donors (Lipinski definition) is 1. The Morgan fingerprint density at radius 3 is 2.77 bits per heavy atom. The SMILES string of the molecule is Cc1ccc(Nc2nccc(C(=O)N3CCCC3)n2)cc1Br. The van der Waals surface area contributed by atoms with E-state index in [0.717, 1.165) is 41.7 Å². The Morgan fingerprint density at radius 2 is 2.05 bits per heavy atom. The van der Waals surface area contributed by atoms with Crippen molar-refractivity contribution in [2.45, 2.75) is 19.8 Å². The third-order valence-electron chi connectivity index (χ3n) is 3.70. The molecule has 1 fully saturated rings. The minimum atomic E-state index is -0.0203. The van der Waals surface area contributed by atoms with Crippen LogP contribution in [0.3, 0.4) is 0 Å². The highest BCUT2D eigenvalue weighted by Crippen LogP contribution is 2.22. The van der Waals surface area contributed by atoms with Gasteiger partial charge in [-0.05, 0) is 43.5 Å². The van der Waals surface area contributed by atoms with Gasteiger partial charge in [-0.1, -0.05) is 22.0 Å². The van der Waals surface area contributed by atoms with Crippen LogP contribution in [0, 0.1) is 6.92 Å². The van der Waals surface area contributed by atoms with Crippen LogP contribution < -0.4 is 5.32 Å². The summed E-state index contributed by atoms with van der Waals surface area (Å²) in [7, 11) is 0. The minimum Gasteiger partial charge on any atom is -0.337 e. The van der Waals surface area contributed by atoms with Crippen molar-refractivity contribution in [1.29, 1.82) is 0 Å². The molecule has 1 aliphatic heterocycles. The van der Waals surface area contributed by atoms with Crippen LogP contribution in [0.4, 0.5) is 11.6 Å². The van der Waals surface area contributed by atoms with Crippen LogP contribution in [0.2, 0.25) is 0 Å². The summed E-state index contributed by atoms with van der Waals surface area (Å²) in [4.78, 5) is 22.7. The molecule has 1 aliphatic rings. The molecular weight excluding hydrogens is 344 g/mol. The van der Waals surface area contributed by atoms with Crippen LogP contribution in [0.15, 0.2) is 34.9 Å². The number of rotatable bonds is 3. The molecule has 0 unspecified atom stereocenters. The van der Waals surface area contributed by atoms with E-state index in [-0.39, 0.29) is 5.91 Å². The number of benzene rings is 1. The number of carbonyl (C=O) groups is 1. The number of nitrogens with one attached hydrogen (secondary N) is 1.